The smallest absolute Gasteiger partial charge is 0.235 e. The number of carbonyl (C=O) groups excluding carboxylic acids is 2. The van der Waals surface area contributed by atoms with E-state index in [-0.39, 0.29) is 18.1 Å². The normalized spacial score (nSPS) is 18.0. The molecule has 1 N–H and O–H groups in total. The minimum atomic E-state index is -0.905. The first-order valence-corrected chi connectivity index (χ1v) is 9.61. The van der Waals surface area contributed by atoms with E-state index in [0.717, 1.165) is 21.3 Å². The van der Waals surface area contributed by atoms with E-state index in [9.17, 15) is 9.59 Å². The zero-order chi connectivity index (χ0) is 18.9. The maximum atomic E-state index is 13.1. The van der Waals surface area contributed by atoms with E-state index in [4.69, 9.17) is 0 Å². The van der Waals surface area contributed by atoms with Gasteiger partial charge in [-0.05, 0) is 35.7 Å². The second-order valence-electron chi connectivity index (χ2n) is 6.85. The van der Waals surface area contributed by atoms with E-state index in [0.29, 0.717) is 12.0 Å². The molecular formula is C23H18BrNO2. The Morgan fingerprint density at radius 2 is 1.67 bits per heavy atom. The number of rotatable bonds is 5. The van der Waals surface area contributed by atoms with Crippen molar-refractivity contribution >= 4 is 33.3 Å². The van der Waals surface area contributed by atoms with Gasteiger partial charge in [0, 0.05) is 22.1 Å². The Bertz CT molecular complexity index is 1020. The molecule has 3 aromatic carbocycles. The highest BCUT2D eigenvalue weighted by molar-refractivity contribution is 9.10. The van der Waals surface area contributed by atoms with Crippen LogP contribution in [0.5, 0.6) is 0 Å². The molecule has 4 rings (SSSR count). The van der Waals surface area contributed by atoms with Crippen LogP contribution in [0.25, 0.3) is 0 Å². The molecule has 134 valence electrons. The summed E-state index contributed by atoms with van der Waals surface area (Å²) in [5.41, 5.74) is 2.42. The Morgan fingerprint density at radius 1 is 0.926 bits per heavy atom. The Balaban J connectivity index is 1.77. The molecule has 0 fully saturated rings. The number of benzene rings is 3. The maximum absolute atomic E-state index is 13.1. The van der Waals surface area contributed by atoms with Crippen molar-refractivity contribution in [3.63, 3.8) is 0 Å². The Labute approximate surface area is 166 Å². The highest BCUT2D eigenvalue weighted by atomic mass is 79.9. The van der Waals surface area contributed by atoms with Crippen molar-refractivity contribution in [2.24, 2.45) is 0 Å². The lowest BCUT2D eigenvalue weighted by Gasteiger charge is -2.27. The van der Waals surface area contributed by atoms with Gasteiger partial charge in [-0.1, -0.05) is 76.6 Å². The number of anilines is 1. The fourth-order valence-corrected chi connectivity index (χ4v) is 4.17. The van der Waals surface area contributed by atoms with Gasteiger partial charge in [0.1, 0.15) is 0 Å². The van der Waals surface area contributed by atoms with Gasteiger partial charge in [-0.2, -0.15) is 0 Å². The molecule has 27 heavy (non-hydrogen) atoms. The van der Waals surface area contributed by atoms with Gasteiger partial charge in [0.05, 0.1) is 5.41 Å². The summed E-state index contributed by atoms with van der Waals surface area (Å²) in [7, 11) is 0. The summed E-state index contributed by atoms with van der Waals surface area (Å²) < 4.78 is 0.849. The fourth-order valence-electron chi connectivity index (χ4n) is 3.77. The van der Waals surface area contributed by atoms with Crippen molar-refractivity contribution < 1.29 is 9.59 Å². The first-order valence-electron chi connectivity index (χ1n) is 8.82. The molecule has 1 aliphatic heterocycles. The molecule has 0 bridgehead atoms. The molecule has 1 atom stereocenters. The second-order valence-corrected chi connectivity index (χ2v) is 7.77. The minimum Gasteiger partial charge on any atom is -0.325 e. The Kier molecular flexibility index (Phi) is 4.66. The molecule has 0 unspecified atom stereocenters. The van der Waals surface area contributed by atoms with E-state index in [1.807, 2.05) is 66.7 Å². The topological polar surface area (TPSA) is 46.2 Å². The number of hydrogen-bond acceptors (Lipinski definition) is 2. The van der Waals surface area contributed by atoms with E-state index in [2.05, 4.69) is 21.2 Å². The average Bonchev–Trinajstić information content (AvgIpc) is 2.94. The molecule has 0 radical (unpaired) electrons. The number of carbonyl (C=O) groups is 2. The highest BCUT2D eigenvalue weighted by Crippen LogP contribution is 2.43. The minimum absolute atomic E-state index is 0.0425. The number of Topliss-reactive ketones (excluding diaryl/α,β-unsaturated/α-hetero) is 1. The van der Waals surface area contributed by atoms with Crippen molar-refractivity contribution in [1.82, 2.24) is 0 Å². The number of halogens is 1. The van der Waals surface area contributed by atoms with Crippen LogP contribution in [0.15, 0.2) is 83.3 Å². The SMILES string of the molecule is O=C(C[C@]1(Cc2ccccc2)C(=O)Nc2ccccc21)c1cccc(Br)c1. The van der Waals surface area contributed by atoms with Crippen LogP contribution in [0.4, 0.5) is 5.69 Å². The van der Waals surface area contributed by atoms with Crippen LogP contribution in [0, 0.1) is 0 Å². The Hall–Kier alpha value is -2.72. The van der Waals surface area contributed by atoms with Crippen LogP contribution in [0.3, 0.4) is 0 Å². The van der Waals surface area contributed by atoms with Crippen molar-refractivity contribution in [1.29, 1.82) is 0 Å². The second kappa shape index (κ2) is 7.12. The third-order valence-corrected chi connectivity index (χ3v) is 5.58. The summed E-state index contributed by atoms with van der Waals surface area (Å²) in [6.07, 6.45) is 0.609. The highest BCUT2D eigenvalue weighted by Gasteiger charge is 2.48. The van der Waals surface area contributed by atoms with Gasteiger partial charge in [0.15, 0.2) is 5.78 Å². The van der Waals surface area contributed by atoms with Gasteiger partial charge in [0.2, 0.25) is 5.91 Å². The quantitative estimate of drug-likeness (QED) is 0.580. The molecule has 0 aliphatic carbocycles. The third kappa shape index (κ3) is 3.33. The number of para-hydroxylation sites is 1. The van der Waals surface area contributed by atoms with E-state index in [1.54, 1.807) is 12.1 Å². The molecule has 0 saturated heterocycles. The van der Waals surface area contributed by atoms with Crippen LogP contribution in [-0.2, 0) is 16.6 Å². The number of hydrogen-bond donors (Lipinski definition) is 1. The van der Waals surface area contributed by atoms with Gasteiger partial charge in [-0.25, -0.2) is 0 Å². The summed E-state index contributed by atoms with van der Waals surface area (Å²) in [4.78, 5) is 26.2. The predicted molar refractivity (Wildman–Crippen MR) is 110 cm³/mol. The molecule has 0 spiro atoms. The van der Waals surface area contributed by atoms with E-state index < -0.39 is 5.41 Å². The molecule has 3 nitrogen and oxygen atoms in total. The standard InChI is InChI=1S/C23H18BrNO2/c24-18-10-6-9-17(13-18)21(26)15-23(14-16-7-2-1-3-8-16)19-11-4-5-12-20(19)25-22(23)27/h1-13H,14-15H2,(H,25,27)/t23-/m0/s1. The fraction of sp³-hybridized carbons (Fsp3) is 0.130. The number of amides is 1. The molecule has 3 aromatic rings. The van der Waals surface area contributed by atoms with Crippen molar-refractivity contribution in [2.45, 2.75) is 18.3 Å². The van der Waals surface area contributed by atoms with Crippen LogP contribution in [0.2, 0.25) is 0 Å². The Morgan fingerprint density at radius 3 is 2.44 bits per heavy atom. The maximum Gasteiger partial charge on any atom is 0.235 e. The average molecular weight is 420 g/mol. The zero-order valence-electron chi connectivity index (χ0n) is 14.6. The molecule has 4 heteroatoms. The molecule has 1 aliphatic rings. The number of nitrogens with one attached hydrogen (secondary N) is 1. The summed E-state index contributed by atoms with van der Waals surface area (Å²) >= 11 is 3.42. The van der Waals surface area contributed by atoms with Crippen molar-refractivity contribution in [3.05, 3.63) is 100 Å². The summed E-state index contributed by atoms with van der Waals surface area (Å²) in [6, 6.07) is 24.8. The first-order chi connectivity index (χ1) is 13.1. The molecule has 1 amide bonds. The van der Waals surface area contributed by atoms with Crippen LogP contribution in [0.1, 0.15) is 27.9 Å². The monoisotopic (exact) mass is 419 g/mol. The lowest BCUT2D eigenvalue weighted by molar-refractivity contribution is -0.120. The van der Waals surface area contributed by atoms with E-state index >= 15 is 0 Å². The lowest BCUT2D eigenvalue weighted by atomic mass is 9.72. The van der Waals surface area contributed by atoms with Gasteiger partial charge < -0.3 is 5.32 Å². The van der Waals surface area contributed by atoms with Gasteiger partial charge >= 0.3 is 0 Å². The van der Waals surface area contributed by atoms with Crippen LogP contribution < -0.4 is 5.32 Å². The molecule has 1 heterocycles. The van der Waals surface area contributed by atoms with Gasteiger partial charge in [-0.15, -0.1) is 0 Å². The molecular weight excluding hydrogens is 402 g/mol. The van der Waals surface area contributed by atoms with Crippen LogP contribution in [-0.4, -0.2) is 11.7 Å². The van der Waals surface area contributed by atoms with Crippen molar-refractivity contribution in [2.75, 3.05) is 5.32 Å². The molecule has 0 aromatic heterocycles. The van der Waals surface area contributed by atoms with Crippen LogP contribution >= 0.6 is 15.9 Å². The summed E-state index contributed by atoms with van der Waals surface area (Å²) in [6.45, 7) is 0. The number of ketones is 1. The third-order valence-electron chi connectivity index (χ3n) is 5.08. The van der Waals surface area contributed by atoms with E-state index in [1.165, 1.54) is 0 Å². The summed E-state index contributed by atoms with van der Waals surface area (Å²) in [5.74, 6) is -0.157. The summed E-state index contributed by atoms with van der Waals surface area (Å²) in [5, 5.41) is 2.98. The zero-order valence-corrected chi connectivity index (χ0v) is 16.2. The first kappa shape index (κ1) is 17.7. The molecule has 0 saturated carbocycles. The van der Waals surface area contributed by atoms with Gasteiger partial charge in [0.25, 0.3) is 0 Å². The van der Waals surface area contributed by atoms with Crippen molar-refractivity contribution in [3.8, 4) is 0 Å². The predicted octanol–water partition coefficient (Wildman–Crippen LogP) is 5.15. The lowest BCUT2D eigenvalue weighted by Crippen LogP contribution is -2.39. The van der Waals surface area contributed by atoms with Gasteiger partial charge in [-0.3, -0.25) is 9.59 Å². The number of fused-ring (bicyclic) bond motifs is 1. The largest absolute Gasteiger partial charge is 0.325 e.